The van der Waals surface area contributed by atoms with Crippen molar-refractivity contribution in [1.82, 2.24) is 9.88 Å². The van der Waals surface area contributed by atoms with Gasteiger partial charge >= 0.3 is 0 Å². The number of benzene rings is 1. The average Bonchev–Trinajstić information content (AvgIpc) is 3.06. The molecular formula is C19H25FN2OS. The number of carbonyl (C=O) groups excluding carboxylic acids is 1. The highest BCUT2D eigenvalue weighted by Gasteiger charge is 2.20. The minimum absolute atomic E-state index is 0.0274. The van der Waals surface area contributed by atoms with Gasteiger partial charge in [-0.3, -0.25) is 4.79 Å². The van der Waals surface area contributed by atoms with E-state index in [0.717, 1.165) is 24.4 Å². The topological polar surface area (TPSA) is 33.2 Å². The lowest BCUT2D eigenvalue weighted by Crippen LogP contribution is -2.35. The predicted octanol–water partition coefficient (Wildman–Crippen LogP) is 4.77. The van der Waals surface area contributed by atoms with Gasteiger partial charge in [0.2, 0.25) is 0 Å². The Labute approximate surface area is 147 Å². The van der Waals surface area contributed by atoms with Crippen LogP contribution in [0.25, 0.3) is 0 Å². The molecule has 0 unspecified atom stereocenters. The number of hydrogen-bond donors (Lipinski definition) is 0. The average molecular weight is 348 g/mol. The number of aromatic nitrogens is 1. The first-order valence-electron chi connectivity index (χ1n) is 8.56. The quantitative estimate of drug-likeness (QED) is 0.688. The van der Waals surface area contributed by atoms with E-state index in [1.807, 2.05) is 17.9 Å². The molecule has 2 rings (SSSR count). The minimum Gasteiger partial charge on any atom is -0.337 e. The zero-order valence-electron chi connectivity index (χ0n) is 14.6. The van der Waals surface area contributed by atoms with E-state index in [1.54, 1.807) is 17.5 Å². The van der Waals surface area contributed by atoms with Crippen molar-refractivity contribution in [2.45, 2.75) is 40.0 Å². The molecule has 0 fully saturated rings. The molecular weight excluding hydrogens is 323 g/mol. The molecule has 2 aromatic rings. The minimum atomic E-state index is -0.232. The fraction of sp³-hybridized carbons (Fsp3) is 0.474. The summed E-state index contributed by atoms with van der Waals surface area (Å²) in [5.74, 6) is 0.260. The molecule has 0 aliphatic rings. The van der Waals surface area contributed by atoms with Gasteiger partial charge in [0, 0.05) is 24.9 Å². The van der Waals surface area contributed by atoms with Crippen molar-refractivity contribution >= 4 is 17.2 Å². The van der Waals surface area contributed by atoms with Crippen LogP contribution >= 0.6 is 11.3 Å². The summed E-state index contributed by atoms with van der Waals surface area (Å²) >= 11 is 1.41. The number of halogens is 1. The van der Waals surface area contributed by atoms with E-state index in [0.29, 0.717) is 30.1 Å². The molecule has 5 heteroatoms. The number of thiazole rings is 1. The summed E-state index contributed by atoms with van der Waals surface area (Å²) < 4.78 is 13.7. The third kappa shape index (κ3) is 4.63. The standard InChI is InChI=1S/C19H25FN2OS/c1-4-14(5-2)12-22(6-3)19(23)17-13-24-18(21-17)11-15-9-7-8-10-16(15)20/h7-10,13-14H,4-6,11-12H2,1-3H3. The zero-order valence-corrected chi connectivity index (χ0v) is 15.4. The summed E-state index contributed by atoms with van der Waals surface area (Å²) in [4.78, 5) is 19.0. The second kappa shape index (κ2) is 8.92. The molecule has 3 nitrogen and oxygen atoms in total. The van der Waals surface area contributed by atoms with Crippen LogP contribution in [0.1, 0.15) is 54.7 Å². The summed E-state index contributed by atoms with van der Waals surface area (Å²) in [6.45, 7) is 7.74. The Morgan fingerprint density at radius 3 is 2.58 bits per heavy atom. The molecule has 1 heterocycles. The van der Waals surface area contributed by atoms with Crippen LogP contribution in [0.4, 0.5) is 4.39 Å². The van der Waals surface area contributed by atoms with Crippen molar-refractivity contribution in [3.05, 3.63) is 51.7 Å². The molecule has 130 valence electrons. The second-order valence-corrected chi connectivity index (χ2v) is 6.86. The van der Waals surface area contributed by atoms with Crippen LogP contribution in [-0.4, -0.2) is 28.9 Å². The van der Waals surface area contributed by atoms with Gasteiger partial charge in [0.25, 0.3) is 5.91 Å². The lowest BCUT2D eigenvalue weighted by Gasteiger charge is -2.24. The van der Waals surface area contributed by atoms with Gasteiger partial charge in [-0.1, -0.05) is 44.9 Å². The molecule has 0 spiro atoms. The summed E-state index contributed by atoms with van der Waals surface area (Å²) in [7, 11) is 0. The van der Waals surface area contributed by atoms with Gasteiger partial charge in [0.05, 0.1) is 5.01 Å². The van der Waals surface area contributed by atoms with E-state index in [2.05, 4.69) is 18.8 Å². The molecule has 0 saturated carbocycles. The van der Waals surface area contributed by atoms with Crippen molar-refractivity contribution in [3.63, 3.8) is 0 Å². The van der Waals surface area contributed by atoms with E-state index < -0.39 is 0 Å². The monoisotopic (exact) mass is 348 g/mol. The van der Waals surface area contributed by atoms with Crippen LogP contribution in [0.3, 0.4) is 0 Å². The lowest BCUT2D eigenvalue weighted by atomic mass is 10.0. The third-order valence-corrected chi connectivity index (χ3v) is 5.22. The van der Waals surface area contributed by atoms with Crippen molar-refractivity contribution in [3.8, 4) is 0 Å². The predicted molar refractivity (Wildman–Crippen MR) is 97.0 cm³/mol. The molecule has 0 radical (unpaired) electrons. The first kappa shape index (κ1) is 18.6. The van der Waals surface area contributed by atoms with Crippen LogP contribution in [0.15, 0.2) is 29.6 Å². The summed E-state index contributed by atoms with van der Waals surface area (Å²) in [6, 6.07) is 6.69. The Kier molecular flexibility index (Phi) is 6.91. The molecule has 24 heavy (non-hydrogen) atoms. The lowest BCUT2D eigenvalue weighted by molar-refractivity contribution is 0.0729. The summed E-state index contributed by atoms with van der Waals surface area (Å²) in [5.41, 5.74) is 1.08. The highest BCUT2D eigenvalue weighted by molar-refractivity contribution is 7.09. The Morgan fingerprint density at radius 2 is 1.96 bits per heavy atom. The van der Waals surface area contributed by atoms with Gasteiger partial charge in [-0.2, -0.15) is 0 Å². The van der Waals surface area contributed by atoms with Gasteiger partial charge in [0.1, 0.15) is 11.5 Å². The van der Waals surface area contributed by atoms with E-state index in [-0.39, 0.29) is 11.7 Å². The fourth-order valence-electron chi connectivity index (χ4n) is 2.67. The Hall–Kier alpha value is -1.75. The Bertz CT molecular complexity index is 667. The van der Waals surface area contributed by atoms with Crippen LogP contribution in [-0.2, 0) is 6.42 Å². The molecule has 0 N–H and O–H groups in total. The highest BCUT2D eigenvalue weighted by Crippen LogP contribution is 2.19. The van der Waals surface area contributed by atoms with Crippen LogP contribution in [0.2, 0.25) is 0 Å². The zero-order chi connectivity index (χ0) is 17.5. The second-order valence-electron chi connectivity index (χ2n) is 5.92. The maximum atomic E-state index is 13.7. The van der Waals surface area contributed by atoms with Gasteiger partial charge < -0.3 is 4.90 Å². The molecule has 0 aliphatic heterocycles. The van der Waals surface area contributed by atoms with Gasteiger partial charge in [-0.25, -0.2) is 9.37 Å². The molecule has 1 aromatic carbocycles. The fourth-order valence-corrected chi connectivity index (χ4v) is 3.46. The van der Waals surface area contributed by atoms with E-state index >= 15 is 0 Å². The SMILES string of the molecule is CCC(CC)CN(CC)C(=O)c1csc(Cc2ccccc2F)n1. The Balaban J connectivity index is 2.08. The van der Waals surface area contributed by atoms with Gasteiger partial charge in [-0.15, -0.1) is 11.3 Å². The molecule has 0 bridgehead atoms. The summed E-state index contributed by atoms with van der Waals surface area (Å²) in [6.07, 6.45) is 2.55. The third-order valence-electron chi connectivity index (χ3n) is 4.37. The van der Waals surface area contributed by atoms with Crippen molar-refractivity contribution < 1.29 is 9.18 Å². The van der Waals surface area contributed by atoms with Crippen molar-refractivity contribution in [2.75, 3.05) is 13.1 Å². The number of rotatable bonds is 8. The molecule has 1 aromatic heterocycles. The molecule has 0 atom stereocenters. The number of amides is 1. The maximum Gasteiger partial charge on any atom is 0.273 e. The molecule has 0 saturated heterocycles. The summed E-state index contributed by atoms with van der Waals surface area (Å²) in [5, 5.41) is 2.55. The first-order valence-corrected chi connectivity index (χ1v) is 9.44. The molecule has 0 aliphatic carbocycles. The van der Waals surface area contributed by atoms with Crippen LogP contribution in [0.5, 0.6) is 0 Å². The number of carbonyl (C=O) groups is 1. The number of hydrogen-bond acceptors (Lipinski definition) is 3. The van der Waals surface area contributed by atoms with E-state index in [9.17, 15) is 9.18 Å². The normalized spacial score (nSPS) is 11.0. The van der Waals surface area contributed by atoms with Gasteiger partial charge in [0.15, 0.2) is 0 Å². The van der Waals surface area contributed by atoms with E-state index in [4.69, 9.17) is 0 Å². The number of nitrogens with zero attached hydrogens (tertiary/aromatic N) is 2. The maximum absolute atomic E-state index is 13.7. The molecule has 1 amide bonds. The van der Waals surface area contributed by atoms with E-state index in [1.165, 1.54) is 17.4 Å². The van der Waals surface area contributed by atoms with Crippen molar-refractivity contribution in [1.29, 1.82) is 0 Å². The largest absolute Gasteiger partial charge is 0.337 e. The smallest absolute Gasteiger partial charge is 0.273 e. The highest BCUT2D eigenvalue weighted by atomic mass is 32.1. The first-order chi connectivity index (χ1) is 11.6. The van der Waals surface area contributed by atoms with Crippen LogP contribution < -0.4 is 0 Å². The Morgan fingerprint density at radius 1 is 1.25 bits per heavy atom. The van der Waals surface area contributed by atoms with Crippen LogP contribution in [0, 0.1) is 11.7 Å². The van der Waals surface area contributed by atoms with Crippen molar-refractivity contribution in [2.24, 2.45) is 5.92 Å². The van der Waals surface area contributed by atoms with Gasteiger partial charge in [-0.05, 0) is 24.5 Å².